The molecule has 1 aromatic heterocycles. The molecule has 0 aliphatic rings. The maximum atomic E-state index is 12.7. The molecule has 7 heteroatoms. The molecule has 0 saturated heterocycles. The normalized spacial score (nSPS) is 11.9. The molecule has 0 spiro atoms. The summed E-state index contributed by atoms with van der Waals surface area (Å²) in [5.74, 6) is 0.0328. The molecule has 0 aliphatic heterocycles. The Labute approximate surface area is 167 Å². The lowest BCUT2D eigenvalue weighted by Crippen LogP contribution is -2.26. The van der Waals surface area contributed by atoms with Gasteiger partial charge in [0.1, 0.15) is 5.25 Å². The minimum Gasteiger partial charge on any atom is -0.348 e. The van der Waals surface area contributed by atoms with E-state index in [1.165, 1.54) is 34.2 Å². The first-order valence-corrected chi connectivity index (χ1v) is 10.2. The predicted octanol–water partition coefficient (Wildman–Crippen LogP) is 4.82. The van der Waals surface area contributed by atoms with Gasteiger partial charge in [-0.1, -0.05) is 65.6 Å². The molecule has 2 aromatic carbocycles. The zero-order valence-electron chi connectivity index (χ0n) is 15.8. The topological polar surface area (TPSA) is 58.1 Å². The lowest BCUT2D eigenvalue weighted by molar-refractivity contribution is -0.128. The van der Waals surface area contributed by atoms with E-state index in [1.807, 2.05) is 42.5 Å². The number of carbonyl (C=O) groups is 1. The highest BCUT2D eigenvalue weighted by atomic mass is 32.2. The second-order valence-electron chi connectivity index (χ2n) is 6.39. The van der Waals surface area contributed by atoms with E-state index in [2.05, 4.69) is 35.4 Å². The van der Waals surface area contributed by atoms with Gasteiger partial charge >= 0.3 is 0 Å². The molecule has 0 radical (unpaired) electrons. The van der Waals surface area contributed by atoms with Gasteiger partial charge in [-0.15, -0.1) is 10.2 Å². The number of anilines is 2. The van der Waals surface area contributed by atoms with Crippen molar-refractivity contribution in [1.29, 1.82) is 0 Å². The highest BCUT2D eigenvalue weighted by Gasteiger charge is 2.25. The molecule has 1 amide bonds. The van der Waals surface area contributed by atoms with E-state index in [-0.39, 0.29) is 11.2 Å². The molecule has 1 atom stereocenters. The third-order valence-electron chi connectivity index (χ3n) is 4.24. The van der Waals surface area contributed by atoms with Crippen LogP contribution in [0.15, 0.2) is 52.9 Å². The molecular weight excluding hydrogens is 376 g/mol. The molecule has 3 aromatic rings. The smallest absolute Gasteiger partial charge is 0.240 e. The van der Waals surface area contributed by atoms with Crippen LogP contribution in [-0.4, -0.2) is 35.1 Å². The Morgan fingerprint density at radius 2 is 1.81 bits per heavy atom. The number of amides is 1. The third-order valence-corrected chi connectivity index (χ3v) is 6.40. The molecule has 1 heterocycles. The quantitative estimate of drug-likeness (QED) is 0.603. The maximum Gasteiger partial charge on any atom is 0.240 e. The molecule has 1 N–H and O–H groups in total. The zero-order chi connectivity index (χ0) is 19.4. The molecule has 0 aliphatic carbocycles. The van der Waals surface area contributed by atoms with Gasteiger partial charge in [-0.2, -0.15) is 0 Å². The van der Waals surface area contributed by atoms with E-state index in [4.69, 9.17) is 0 Å². The number of nitrogens with one attached hydrogen (secondary N) is 1. The number of carbonyl (C=O) groups excluding carboxylic acids is 1. The number of hydrogen-bond acceptors (Lipinski definition) is 6. The van der Waals surface area contributed by atoms with Crippen molar-refractivity contribution in [3.8, 4) is 0 Å². The summed E-state index contributed by atoms with van der Waals surface area (Å²) in [6.07, 6.45) is 0. The van der Waals surface area contributed by atoms with E-state index in [9.17, 15) is 4.79 Å². The van der Waals surface area contributed by atoms with Gasteiger partial charge in [0, 0.05) is 19.8 Å². The number of rotatable bonds is 6. The number of nitrogens with zero attached hydrogens (tertiary/aromatic N) is 3. The number of likely N-dealkylation sites (N-methyl/N-ethyl adjacent to an activating group) is 1. The van der Waals surface area contributed by atoms with Crippen molar-refractivity contribution in [3.05, 3.63) is 65.2 Å². The Hall–Kier alpha value is -2.38. The van der Waals surface area contributed by atoms with Crippen molar-refractivity contribution in [2.24, 2.45) is 0 Å². The van der Waals surface area contributed by atoms with Gasteiger partial charge in [-0.3, -0.25) is 4.79 Å². The first kappa shape index (κ1) is 19.4. The Morgan fingerprint density at radius 1 is 1.07 bits per heavy atom. The summed E-state index contributed by atoms with van der Waals surface area (Å²) in [5, 5.41) is 12.2. The largest absolute Gasteiger partial charge is 0.348 e. The standard InChI is InChI=1S/C20H22N4OS2/c1-13-9-8-12-16(14(13)2)21-19-22-23-20(27-19)26-17(18(25)24(3)4)15-10-6-5-7-11-15/h5-12,17H,1-4H3,(H,21,22). The van der Waals surface area contributed by atoms with Crippen molar-refractivity contribution in [2.45, 2.75) is 23.4 Å². The maximum absolute atomic E-state index is 12.7. The molecule has 5 nitrogen and oxygen atoms in total. The Balaban J connectivity index is 1.80. The van der Waals surface area contributed by atoms with Crippen LogP contribution in [0.4, 0.5) is 10.8 Å². The van der Waals surface area contributed by atoms with E-state index >= 15 is 0 Å². The van der Waals surface area contributed by atoms with Crippen LogP contribution >= 0.6 is 23.1 Å². The number of benzene rings is 2. The highest BCUT2D eigenvalue weighted by Crippen LogP contribution is 2.39. The molecular formula is C20H22N4OS2. The summed E-state index contributed by atoms with van der Waals surface area (Å²) in [6.45, 7) is 4.16. The lowest BCUT2D eigenvalue weighted by atomic mass is 10.1. The van der Waals surface area contributed by atoms with Crippen LogP contribution in [0, 0.1) is 13.8 Å². The van der Waals surface area contributed by atoms with Crippen molar-refractivity contribution in [1.82, 2.24) is 15.1 Å². The van der Waals surface area contributed by atoms with E-state index < -0.39 is 0 Å². The molecule has 0 bridgehead atoms. The number of hydrogen-bond donors (Lipinski definition) is 1. The summed E-state index contributed by atoms with van der Waals surface area (Å²) >= 11 is 2.88. The van der Waals surface area contributed by atoms with Gasteiger partial charge in [0.15, 0.2) is 4.34 Å². The zero-order valence-corrected chi connectivity index (χ0v) is 17.4. The summed E-state index contributed by atoms with van der Waals surface area (Å²) in [5.41, 5.74) is 4.39. The average molecular weight is 399 g/mol. The van der Waals surface area contributed by atoms with Gasteiger partial charge in [0.2, 0.25) is 11.0 Å². The Morgan fingerprint density at radius 3 is 2.52 bits per heavy atom. The molecule has 140 valence electrons. The summed E-state index contributed by atoms with van der Waals surface area (Å²) in [7, 11) is 3.54. The lowest BCUT2D eigenvalue weighted by Gasteiger charge is -2.19. The van der Waals surface area contributed by atoms with E-state index in [0.717, 1.165) is 20.7 Å². The van der Waals surface area contributed by atoms with E-state index in [1.54, 1.807) is 19.0 Å². The van der Waals surface area contributed by atoms with Crippen LogP contribution in [0.5, 0.6) is 0 Å². The second kappa shape index (κ2) is 8.54. The highest BCUT2D eigenvalue weighted by molar-refractivity contribution is 8.01. The minimum atomic E-state index is -0.345. The van der Waals surface area contributed by atoms with Gasteiger partial charge in [-0.05, 0) is 36.6 Å². The predicted molar refractivity (Wildman–Crippen MR) is 113 cm³/mol. The molecule has 1 unspecified atom stereocenters. The minimum absolute atomic E-state index is 0.0328. The summed E-state index contributed by atoms with van der Waals surface area (Å²) < 4.78 is 0.756. The molecule has 3 rings (SSSR count). The van der Waals surface area contributed by atoms with Crippen molar-refractivity contribution < 1.29 is 4.79 Å². The molecule has 27 heavy (non-hydrogen) atoms. The monoisotopic (exact) mass is 398 g/mol. The number of aryl methyl sites for hydroxylation is 1. The molecule has 0 saturated carbocycles. The Kier molecular flexibility index (Phi) is 6.13. The number of thioether (sulfide) groups is 1. The van der Waals surface area contributed by atoms with Crippen LogP contribution in [0.25, 0.3) is 0 Å². The first-order chi connectivity index (χ1) is 13.0. The SMILES string of the molecule is Cc1cccc(Nc2nnc(SC(C(=O)N(C)C)c3ccccc3)s2)c1C. The fourth-order valence-electron chi connectivity index (χ4n) is 2.53. The van der Waals surface area contributed by atoms with E-state index in [0.29, 0.717) is 0 Å². The van der Waals surface area contributed by atoms with Gasteiger partial charge < -0.3 is 10.2 Å². The van der Waals surface area contributed by atoms with Crippen LogP contribution in [0.2, 0.25) is 0 Å². The van der Waals surface area contributed by atoms with Crippen molar-refractivity contribution in [3.63, 3.8) is 0 Å². The van der Waals surface area contributed by atoms with Crippen LogP contribution in [0.1, 0.15) is 21.9 Å². The van der Waals surface area contributed by atoms with Gasteiger partial charge in [0.25, 0.3) is 0 Å². The van der Waals surface area contributed by atoms with Crippen LogP contribution < -0.4 is 5.32 Å². The average Bonchev–Trinajstić information content (AvgIpc) is 3.11. The van der Waals surface area contributed by atoms with Crippen molar-refractivity contribution in [2.75, 3.05) is 19.4 Å². The van der Waals surface area contributed by atoms with Gasteiger partial charge in [-0.25, -0.2) is 0 Å². The molecule has 0 fully saturated rings. The fraction of sp³-hybridized carbons (Fsp3) is 0.250. The summed E-state index contributed by atoms with van der Waals surface area (Å²) in [6, 6.07) is 15.9. The second-order valence-corrected chi connectivity index (χ2v) is 8.72. The van der Waals surface area contributed by atoms with Crippen molar-refractivity contribution >= 4 is 39.8 Å². The van der Waals surface area contributed by atoms with Crippen LogP contribution in [-0.2, 0) is 4.79 Å². The van der Waals surface area contributed by atoms with Crippen LogP contribution in [0.3, 0.4) is 0 Å². The third kappa shape index (κ3) is 4.67. The van der Waals surface area contributed by atoms with Gasteiger partial charge in [0.05, 0.1) is 0 Å². The fourth-order valence-corrected chi connectivity index (χ4v) is 4.64. The number of aromatic nitrogens is 2. The summed E-state index contributed by atoms with van der Waals surface area (Å²) in [4.78, 5) is 14.3. The Bertz CT molecular complexity index is 925. The first-order valence-electron chi connectivity index (χ1n) is 8.55.